The summed E-state index contributed by atoms with van der Waals surface area (Å²) >= 11 is 0. The lowest BCUT2D eigenvalue weighted by Gasteiger charge is -2.26. The van der Waals surface area contributed by atoms with E-state index in [-0.39, 0.29) is 30.9 Å². The molecule has 1 heterocycles. The Kier molecular flexibility index (Phi) is 4.92. The highest BCUT2D eigenvalue weighted by molar-refractivity contribution is 6.08. The van der Waals surface area contributed by atoms with Crippen LogP contribution in [0.2, 0.25) is 0 Å². The van der Waals surface area contributed by atoms with E-state index in [1.165, 1.54) is 36.3 Å². The standard InChI is InChI=1S/C16H18FNO4/c1-3-12(19)13-14(10-4-6-11(17)7-5-10)18(8-9-22-2)16(21)15(13)20/h4-7,14,20H,3,8-9H2,1-2H3. The minimum Gasteiger partial charge on any atom is -0.503 e. The number of Topliss-reactive ketones (excluding diaryl/α,β-unsaturated/α-hetero) is 1. The van der Waals surface area contributed by atoms with Crippen LogP contribution in [0.25, 0.3) is 0 Å². The molecule has 0 spiro atoms. The van der Waals surface area contributed by atoms with Crippen molar-refractivity contribution in [3.8, 4) is 0 Å². The first-order chi connectivity index (χ1) is 10.5. The molecule has 0 bridgehead atoms. The van der Waals surface area contributed by atoms with Crippen molar-refractivity contribution in [2.45, 2.75) is 19.4 Å². The van der Waals surface area contributed by atoms with Gasteiger partial charge in [0.25, 0.3) is 5.91 Å². The number of aliphatic hydroxyl groups excluding tert-OH is 1. The molecule has 22 heavy (non-hydrogen) atoms. The minimum atomic E-state index is -0.712. The molecule has 5 nitrogen and oxygen atoms in total. The van der Waals surface area contributed by atoms with Gasteiger partial charge in [-0.2, -0.15) is 0 Å². The highest BCUT2D eigenvalue weighted by atomic mass is 19.1. The SMILES string of the molecule is CCC(=O)C1=C(O)C(=O)N(CCOC)C1c1ccc(F)cc1. The number of ether oxygens (including phenoxy) is 1. The maximum Gasteiger partial charge on any atom is 0.290 e. The fraction of sp³-hybridized carbons (Fsp3) is 0.375. The first kappa shape index (κ1) is 16.2. The lowest BCUT2D eigenvalue weighted by molar-refractivity contribution is -0.130. The van der Waals surface area contributed by atoms with E-state index < -0.39 is 23.5 Å². The zero-order chi connectivity index (χ0) is 16.3. The molecule has 0 aromatic heterocycles. The van der Waals surface area contributed by atoms with Crippen LogP contribution in [0.1, 0.15) is 24.9 Å². The fourth-order valence-electron chi connectivity index (χ4n) is 2.54. The van der Waals surface area contributed by atoms with Gasteiger partial charge in [0.15, 0.2) is 11.5 Å². The molecule has 1 N–H and O–H groups in total. The number of benzene rings is 1. The normalized spacial score (nSPS) is 18.2. The minimum absolute atomic E-state index is 0.0650. The molecule has 6 heteroatoms. The monoisotopic (exact) mass is 307 g/mol. The Labute approximate surface area is 128 Å². The van der Waals surface area contributed by atoms with E-state index in [1.807, 2.05) is 0 Å². The summed E-state index contributed by atoms with van der Waals surface area (Å²) in [5.74, 6) is -1.85. The largest absolute Gasteiger partial charge is 0.503 e. The van der Waals surface area contributed by atoms with Crippen molar-refractivity contribution >= 4 is 11.7 Å². The van der Waals surface area contributed by atoms with Gasteiger partial charge in [0.1, 0.15) is 5.82 Å². The molecule has 1 amide bonds. The average Bonchev–Trinajstić information content (AvgIpc) is 2.77. The molecule has 1 aromatic rings. The van der Waals surface area contributed by atoms with Crippen LogP contribution in [-0.4, -0.2) is 42.0 Å². The number of halogens is 1. The second-order valence-electron chi connectivity index (χ2n) is 4.98. The summed E-state index contributed by atoms with van der Waals surface area (Å²) in [6.45, 7) is 2.15. The van der Waals surface area contributed by atoms with Crippen molar-refractivity contribution in [1.29, 1.82) is 0 Å². The number of amides is 1. The van der Waals surface area contributed by atoms with E-state index in [4.69, 9.17) is 4.74 Å². The van der Waals surface area contributed by atoms with E-state index in [0.717, 1.165) is 0 Å². The number of hydrogen-bond donors (Lipinski definition) is 1. The number of rotatable bonds is 6. The number of ketones is 1. The predicted octanol–water partition coefficient (Wildman–Crippen LogP) is 2.15. The van der Waals surface area contributed by atoms with E-state index in [0.29, 0.717) is 5.56 Å². The molecule has 1 aliphatic heterocycles. The molecule has 1 aliphatic rings. The first-order valence-corrected chi connectivity index (χ1v) is 7.03. The van der Waals surface area contributed by atoms with Crippen LogP contribution in [0.4, 0.5) is 4.39 Å². The Hall–Kier alpha value is -2.21. The highest BCUT2D eigenvalue weighted by Gasteiger charge is 2.42. The van der Waals surface area contributed by atoms with Crippen molar-refractivity contribution in [2.75, 3.05) is 20.3 Å². The maximum atomic E-state index is 13.1. The molecular formula is C16H18FNO4. The molecule has 118 valence electrons. The van der Waals surface area contributed by atoms with E-state index >= 15 is 0 Å². The van der Waals surface area contributed by atoms with Crippen LogP contribution in [-0.2, 0) is 14.3 Å². The number of aliphatic hydroxyl groups is 1. The Morgan fingerprint density at radius 2 is 2.00 bits per heavy atom. The van der Waals surface area contributed by atoms with Gasteiger partial charge in [-0.25, -0.2) is 4.39 Å². The summed E-state index contributed by atoms with van der Waals surface area (Å²) < 4.78 is 18.1. The second-order valence-corrected chi connectivity index (χ2v) is 4.98. The third kappa shape index (κ3) is 2.87. The van der Waals surface area contributed by atoms with E-state index in [2.05, 4.69) is 0 Å². The number of carbonyl (C=O) groups is 2. The lowest BCUT2D eigenvalue weighted by Crippen LogP contribution is -2.33. The zero-order valence-corrected chi connectivity index (χ0v) is 12.5. The van der Waals surface area contributed by atoms with Gasteiger partial charge < -0.3 is 14.7 Å². The molecule has 1 atom stereocenters. The fourth-order valence-corrected chi connectivity index (χ4v) is 2.54. The van der Waals surface area contributed by atoms with Gasteiger partial charge in [-0.3, -0.25) is 9.59 Å². The number of nitrogens with zero attached hydrogens (tertiary/aromatic N) is 1. The van der Waals surface area contributed by atoms with Crippen LogP contribution < -0.4 is 0 Å². The molecule has 0 radical (unpaired) electrons. The Morgan fingerprint density at radius 1 is 1.36 bits per heavy atom. The third-order valence-electron chi connectivity index (χ3n) is 3.65. The number of methoxy groups -OCH3 is 1. The topological polar surface area (TPSA) is 66.8 Å². The van der Waals surface area contributed by atoms with Gasteiger partial charge in [0, 0.05) is 20.1 Å². The summed E-state index contributed by atoms with van der Waals surface area (Å²) in [6, 6.07) is 4.83. The number of carbonyl (C=O) groups excluding carboxylic acids is 2. The molecule has 0 aliphatic carbocycles. The summed E-state index contributed by atoms with van der Waals surface area (Å²) in [5.41, 5.74) is 0.641. The van der Waals surface area contributed by atoms with Gasteiger partial charge in [0.2, 0.25) is 0 Å². The van der Waals surface area contributed by atoms with E-state index in [9.17, 15) is 19.1 Å². The van der Waals surface area contributed by atoms with Gasteiger partial charge in [-0.15, -0.1) is 0 Å². The van der Waals surface area contributed by atoms with Crippen LogP contribution in [0.5, 0.6) is 0 Å². The van der Waals surface area contributed by atoms with Gasteiger partial charge in [-0.05, 0) is 17.7 Å². The van der Waals surface area contributed by atoms with Gasteiger partial charge in [0.05, 0.1) is 18.2 Å². The summed E-state index contributed by atoms with van der Waals surface area (Å²) in [5, 5.41) is 10.1. The van der Waals surface area contributed by atoms with Gasteiger partial charge in [-0.1, -0.05) is 19.1 Å². The summed E-state index contributed by atoms with van der Waals surface area (Å²) in [6.07, 6.45) is 0.169. The first-order valence-electron chi connectivity index (χ1n) is 7.03. The molecule has 1 aromatic carbocycles. The molecule has 0 fully saturated rings. The molecule has 0 saturated carbocycles. The highest BCUT2D eigenvalue weighted by Crippen LogP contribution is 2.37. The van der Waals surface area contributed by atoms with Crippen LogP contribution in [0.3, 0.4) is 0 Å². The maximum absolute atomic E-state index is 13.1. The van der Waals surface area contributed by atoms with Crippen molar-refractivity contribution in [3.05, 3.63) is 47.0 Å². The molecular weight excluding hydrogens is 289 g/mol. The predicted molar refractivity (Wildman–Crippen MR) is 77.7 cm³/mol. The smallest absolute Gasteiger partial charge is 0.290 e. The number of hydrogen-bond acceptors (Lipinski definition) is 4. The van der Waals surface area contributed by atoms with E-state index in [1.54, 1.807) is 6.92 Å². The quantitative estimate of drug-likeness (QED) is 0.874. The molecule has 2 rings (SSSR count). The van der Waals surface area contributed by atoms with Crippen molar-refractivity contribution in [2.24, 2.45) is 0 Å². The Balaban J connectivity index is 2.47. The summed E-state index contributed by atoms with van der Waals surface area (Å²) in [7, 11) is 1.50. The van der Waals surface area contributed by atoms with Gasteiger partial charge >= 0.3 is 0 Å². The van der Waals surface area contributed by atoms with Crippen molar-refractivity contribution in [1.82, 2.24) is 4.90 Å². The van der Waals surface area contributed by atoms with Crippen LogP contribution in [0, 0.1) is 5.82 Å². The van der Waals surface area contributed by atoms with Crippen LogP contribution in [0.15, 0.2) is 35.6 Å². The zero-order valence-electron chi connectivity index (χ0n) is 12.5. The Bertz CT molecular complexity index is 609. The van der Waals surface area contributed by atoms with Crippen molar-refractivity contribution in [3.63, 3.8) is 0 Å². The summed E-state index contributed by atoms with van der Waals surface area (Å²) in [4.78, 5) is 25.7. The molecule has 0 saturated heterocycles. The van der Waals surface area contributed by atoms with Crippen LogP contribution >= 0.6 is 0 Å². The van der Waals surface area contributed by atoms with Crippen molar-refractivity contribution < 1.29 is 23.8 Å². The second kappa shape index (κ2) is 6.70. The molecule has 1 unspecified atom stereocenters. The Morgan fingerprint density at radius 3 is 2.55 bits per heavy atom. The third-order valence-corrected chi connectivity index (χ3v) is 3.65. The lowest BCUT2D eigenvalue weighted by atomic mass is 9.95. The average molecular weight is 307 g/mol.